The molecule has 0 spiro atoms. The van der Waals surface area contributed by atoms with Gasteiger partial charge in [-0.2, -0.15) is 0 Å². The zero-order chi connectivity index (χ0) is 22.4. The van der Waals surface area contributed by atoms with Crippen molar-refractivity contribution in [2.24, 2.45) is 0 Å². The van der Waals surface area contributed by atoms with Crippen molar-refractivity contribution in [2.45, 2.75) is 32.3 Å². The Morgan fingerprint density at radius 3 is 2.61 bits per heavy atom. The van der Waals surface area contributed by atoms with Crippen molar-refractivity contribution in [3.05, 3.63) is 35.2 Å². The van der Waals surface area contributed by atoms with Crippen molar-refractivity contribution in [1.82, 2.24) is 4.90 Å². The maximum Gasteiger partial charge on any atom is 0.407 e. The highest BCUT2D eigenvalue weighted by atomic mass is 19.1. The minimum Gasteiger partial charge on any atom is -0.465 e. The second kappa shape index (κ2) is 10.3. The van der Waals surface area contributed by atoms with Crippen LogP contribution < -0.4 is 10.6 Å². The minimum atomic E-state index is -0.980. The fourth-order valence-electron chi connectivity index (χ4n) is 3.36. The summed E-state index contributed by atoms with van der Waals surface area (Å²) in [6, 6.07) is 2.72. The minimum absolute atomic E-state index is 0.00602. The Kier molecular flexibility index (Phi) is 7.45. The zero-order valence-corrected chi connectivity index (χ0v) is 17.3. The fraction of sp³-hybridized carbons (Fsp3) is 0.476. The Labute approximate surface area is 179 Å². The molecule has 2 amide bonds. The predicted octanol–water partition coefficient (Wildman–Crippen LogP) is 2.84. The summed E-state index contributed by atoms with van der Waals surface area (Å²) in [5.74, 6) is -2.05. The smallest absolute Gasteiger partial charge is 0.407 e. The molecule has 3 rings (SSSR count). The molecule has 168 valence electrons. The Balaban J connectivity index is 1.74. The summed E-state index contributed by atoms with van der Waals surface area (Å²) in [5, 5.41) is 14.6. The van der Waals surface area contributed by atoms with Gasteiger partial charge in [-0.15, -0.1) is 0 Å². The van der Waals surface area contributed by atoms with Gasteiger partial charge in [0.2, 0.25) is 5.91 Å². The highest BCUT2D eigenvalue weighted by Crippen LogP contribution is 2.29. The summed E-state index contributed by atoms with van der Waals surface area (Å²) in [6.07, 6.45) is 2.13. The van der Waals surface area contributed by atoms with Crippen LogP contribution in [0.25, 0.3) is 0 Å². The molecule has 0 aliphatic carbocycles. The van der Waals surface area contributed by atoms with Gasteiger partial charge in [0.25, 0.3) is 0 Å². The van der Waals surface area contributed by atoms with E-state index in [1.54, 1.807) is 6.92 Å². The van der Waals surface area contributed by atoms with Crippen LogP contribution in [0.3, 0.4) is 0 Å². The highest BCUT2D eigenvalue weighted by molar-refractivity contribution is 6.03. The number of anilines is 2. The number of carbonyl (C=O) groups excluding carboxylic acids is 2. The second-order valence-corrected chi connectivity index (χ2v) is 7.29. The molecule has 0 saturated carbocycles. The van der Waals surface area contributed by atoms with Crippen LogP contribution in [-0.2, 0) is 14.3 Å². The van der Waals surface area contributed by atoms with Crippen molar-refractivity contribution >= 4 is 29.3 Å². The molecule has 9 nitrogen and oxygen atoms in total. The number of esters is 1. The Morgan fingerprint density at radius 1 is 1.32 bits per heavy atom. The van der Waals surface area contributed by atoms with Gasteiger partial charge in [0.1, 0.15) is 0 Å². The average Bonchev–Trinajstić information content (AvgIpc) is 2.69. The number of piperidine rings is 1. The van der Waals surface area contributed by atoms with Crippen molar-refractivity contribution in [3.8, 4) is 0 Å². The van der Waals surface area contributed by atoms with Gasteiger partial charge in [-0.05, 0) is 38.3 Å². The lowest BCUT2D eigenvalue weighted by atomic mass is 10.0. The first-order valence-electron chi connectivity index (χ1n) is 10.2. The topological polar surface area (TPSA) is 117 Å². The van der Waals surface area contributed by atoms with Crippen LogP contribution in [0.1, 0.15) is 36.5 Å². The maximum absolute atomic E-state index is 15.1. The number of carboxylic acid groups (broad SMARTS) is 1. The first kappa shape index (κ1) is 22.5. The van der Waals surface area contributed by atoms with E-state index in [9.17, 15) is 14.4 Å². The van der Waals surface area contributed by atoms with Crippen molar-refractivity contribution < 1.29 is 33.4 Å². The standard InChI is InChI=1S/C21H26FN3O6/c1-2-30-20(27)15-3-4-16(19(18(15)22)23-12-14-7-10-31-14)24-17(26)11-13-5-8-25(9-6-13)21(28)29/h3-4,11,14,23H,2,5-10,12H2,1H3,(H,24,26)(H,28,29)/t14-/m0/s1. The van der Waals surface area contributed by atoms with E-state index in [1.807, 2.05) is 0 Å². The third-order valence-electron chi connectivity index (χ3n) is 5.21. The summed E-state index contributed by atoms with van der Waals surface area (Å²) in [4.78, 5) is 36.8. The van der Waals surface area contributed by atoms with E-state index in [0.29, 0.717) is 39.1 Å². The first-order chi connectivity index (χ1) is 14.9. The number of hydrogen-bond acceptors (Lipinski definition) is 6. The highest BCUT2D eigenvalue weighted by Gasteiger charge is 2.24. The summed E-state index contributed by atoms with van der Waals surface area (Å²) >= 11 is 0. The number of halogens is 1. The molecule has 2 aliphatic heterocycles. The van der Waals surface area contributed by atoms with Gasteiger partial charge in [-0.1, -0.05) is 5.57 Å². The Bertz CT molecular complexity index is 874. The van der Waals surface area contributed by atoms with Gasteiger partial charge in [0.15, 0.2) is 5.82 Å². The molecule has 1 atom stereocenters. The molecular weight excluding hydrogens is 409 g/mol. The van der Waals surface area contributed by atoms with Gasteiger partial charge in [-0.25, -0.2) is 14.0 Å². The van der Waals surface area contributed by atoms with E-state index in [2.05, 4.69) is 10.6 Å². The molecule has 0 aromatic heterocycles. The van der Waals surface area contributed by atoms with Crippen molar-refractivity contribution in [3.63, 3.8) is 0 Å². The lowest BCUT2D eigenvalue weighted by Crippen LogP contribution is -2.35. The van der Waals surface area contributed by atoms with Gasteiger partial charge in [0.05, 0.1) is 29.6 Å². The molecule has 31 heavy (non-hydrogen) atoms. The van der Waals surface area contributed by atoms with Gasteiger partial charge in [-0.3, -0.25) is 4.79 Å². The number of hydrogen-bond donors (Lipinski definition) is 3. The van der Waals surface area contributed by atoms with Crippen LogP contribution in [-0.4, -0.2) is 66.9 Å². The van der Waals surface area contributed by atoms with E-state index in [4.69, 9.17) is 14.6 Å². The van der Waals surface area contributed by atoms with Crippen LogP contribution >= 0.6 is 0 Å². The lowest BCUT2D eigenvalue weighted by molar-refractivity contribution is -0.112. The van der Waals surface area contributed by atoms with E-state index in [0.717, 1.165) is 12.0 Å². The van der Waals surface area contributed by atoms with E-state index < -0.39 is 23.8 Å². The monoisotopic (exact) mass is 435 g/mol. The third-order valence-corrected chi connectivity index (χ3v) is 5.21. The normalized spacial score (nSPS) is 18.1. The molecule has 2 saturated heterocycles. The average molecular weight is 435 g/mol. The van der Waals surface area contributed by atoms with E-state index in [1.165, 1.54) is 23.1 Å². The summed E-state index contributed by atoms with van der Waals surface area (Å²) in [6.45, 7) is 3.37. The summed E-state index contributed by atoms with van der Waals surface area (Å²) in [7, 11) is 0. The molecule has 1 aromatic rings. The van der Waals surface area contributed by atoms with Crippen LogP contribution in [0.4, 0.5) is 20.6 Å². The number of nitrogens with zero attached hydrogens (tertiary/aromatic N) is 1. The lowest BCUT2D eigenvalue weighted by Gasteiger charge is -2.27. The Morgan fingerprint density at radius 2 is 2.03 bits per heavy atom. The van der Waals surface area contributed by atoms with Crippen LogP contribution in [0, 0.1) is 5.82 Å². The number of rotatable bonds is 7. The molecule has 2 aliphatic rings. The van der Waals surface area contributed by atoms with E-state index in [-0.39, 0.29) is 29.6 Å². The van der Waals surface area contributed by atoms with Crippen LogP contribution in [0.5, 0.6) is 0 Å². The van der Waals surface area contributed by atoms with E-state index >= 15 is 4.39 Å². The molecule has 10 heteroatoms. The van der Waals surface area contributed by atoms with Gasteiger partial charge >= 0.3 is 12.1 Å². The predicted molar refractivity (Wildman–Crippen MR) is 111 cm³/mol. The number of likely N-dealkylation sites (tertiary alicyclic amines) is 1. The zero-order valence-electron chi connectivity index (χ0n) is 17.3. The molecule has 2 heterocycles. The molecule has 0 bridgehead atoms. The number of nitrogens with one attached hydrogen (secondary N) is 2. The maximum atomic E-state index is 15.1. The fourth-order valence-corrected chi connectivity index (χ4v) is 3.36. The first-order valence-corrected chi connectivity index (χ1v) is 10.2. The number of ether oxygens (including phenoxy) is 2. The molecule has 1 aromatic carbocycles. The molecule has 0 unspecified atom stereocenters. The Hall–Kier alpha value is -3.14. The largest absolute Gasteiger partial charge is 0.465 e. The van der Waals surface area contributed by atoms with Crippen molar-refractivity contribution in [1.29, 1.82) is 0 Å². The molecular formula is C21H26FN3O6. The number of carbonyl (C=O) groups is 3. The van der Waals surface area contributed by atoms with Gasteiger partial charge in [0, 0.05) is 32.3 Å². The number of amides is 2. The SMILES string of the molecule is CCOC(=O)c1ccc(NC(=O)C=C2CCN(C(=O)O)CC2)c(NC[C@@H]2CCO2)c1F. The van der Waals surface area contributed by atoms with Crippen LogP contribution in [0.2, 0.25) is 0 Å². The molecule has 2 fully saturated rings. The summed E-state index contributed by atoms with van der Waals surface area (Å²) < 4.78 is 25.3. The number of benzene rings is 1. The second-order valence-electron chi connectivity index (χ2n) is 7.29. The molecule has 3 N–H and O–H groups in total. The third kappa shape index (κ3) is 5.72. The van der Waals surface area contributed by atoms with Crippen LogP contribution in [0.15, 0.2) is 23.8 Å². The molecule has 0 radical (unpaired) electrons. The van der Waals surface area contributed by atoms with Gasteiger partial charge < -0.3 is 30.1 Å². The quantitative estimate of drug-likeness (QED) is 0.445. The summed E-state index contributed by atoms with van der Waals surface area (Å²) in [5.41, 5.74) is 0.774. The van der Waals surface area contributed by atoms with Crippen molar-refractivity contribution in [2.75, 3.05) is 43.5 Å².